The monoisotopic (exact) mass is 403 g/mol. The number of nitrogens with zero attached hydrogens (tertiary/aromatic N) is 1. The van der Waals surface area contributed by atoms with Crippen LogP contribution in [0, 0.1) is 0 Å². The molecule has 0 saturated heterocycles. The minimum absolute atomic E-state index is 0.0823. The van der Waals surface area contributed by atoms with Gasteiger partial charge in [0.2, 0.25) is 5.91 Å². The molecule has 0 unspecified atom stereocenters. The maximum atomic E-state index is 12.0. The van der Waals surface area contributed by atoms with Gasteiger partial charge in [-0.15, -0.1) is 0 Å². The number of ether oxygens (including phenoxy) is 1. The molecule has 0 bridgehead atoms. The molecule has 25 heavy (non-hydrogen) atoms. The van der Waals surface area contributed by atoms with Crippen LogP contribution < -0.4 is 15.5 Å². The van der Waals surface area contributed by atoms with E-state index in [0.717, 1.165) is 4.47 Å². The van der Waals surface area contributed by atoms with E-state index in [-0.39, 0.29) is 18.2 Å². The van der Waals surface area contributed by atoms with Gasteiger partial charge in [-0.2, -0.15) is 5.10 Å². The molecule has 0 heterocycles. The Labute approximate surface area is 154 Å². The van der Waals surface area contributed by atoms with E-state index in [4.69, 9.17) is 4.74 Å². The SMILES string of the molecule is COc1ccc(C(=O)N/N=C(\C)CC(=O)Nc2ccc(Br)cc2)cc1. The third-order valence-electron chi connectivity index (χ3n) is 3.24. The van der Waals surface area contributed by atoms with Crippen LogP contribution in [-0.4, -0.2) is 24.6 Å². The summed E-state index contributed by atoms with van der Waals surface area (Å²) < 4.78 is 5.97. The van der Waals surface area contributed by atoms with Crippen LogP contribution in [0.3, 0.4) is 0 Å². The molecule has 2 aromatic rings. The van der Waals surface area contributed by atoms with Gasteiger partial charge in [-0.25, -0.2) is 5.43 Å². The van der Waals surface area contributed by atoms with Crippen molar-refractivity contribution in [2.75, 3.05) is 12.4 Å². The van der Waals surface area contributed by atoms with Gasteiger partial charge in [-0.05, 0) is 55.5 Å². The van der Waals surface area contributed by atoms with E-state index in [2.05, 4.69) is 31.8 Å². The molecule has 0 atom stereocenters. The number of carbonyl (C=O) groups excluding carboxylic acids is 2. The Morgan fingerprint density at radius 2 is 1.72 bits per heavy atom. The summed E-state index contributed by atoms with van der Waals surface area (Å²) in [5, 5.41) is 6.72. The zero-order chi connectivity index (χ0) is 18.2. The number of amides is 2. The van der Waals surface area contributed by atoms with Crippen molar-refractivity contribution in [3.8, 4) is 5.75 Å². The third-order valence-corrected chi connectivity index (χ3v) is 3.77. The van der Waals surface area contributed by atoms with Crippen molar-refractivity contribution in [2.24, 2.45) is 5.10 Å². The van der Waals surface area contributed by atoms with E-state index < -0.39 is 0 Å². The highest BCUT2D eigenvalue weighted by Crippen LogP contribution is 2.14. The minimum Gasteiger partial charge on any atom is -0.497 e. The summed E-state index contributed by atoms with van der Waals surface area (Å²) in [6.45, 7) is 1.68. The molecule has 7 heteroatoms. The number of hydrogen-bond acceptors (Lipinski definition) is 4. The first-order chi connectivity index (χ1) is 12.0. The first-order valence-corrected chi connectivity index (χ1v) is 8.30. The molecule has 2 rings (SSSR count). The Hall–Kier alpha value is -2.67. The summed E-state index contributed by atoms with van der Waals surface area (Å²) in [6.07, 6.45) is 0.0823. The molecule has 6 nitrogen and oxygen atoms in total. The molecule has 0 aliphatic carbocycles. The second kappa shape index (κ2) is 8.98. The van der Waals surface area contributed by atoms with Gasteiger partial charge in [0.25, 0.3) is 5.91 Å². The summed E-state index contributed by atoms with van der Waals surface area (Å²) in [4.78, 5) is 24.0. The van der Waals surface area contributed by atoms with Gasteiger partial charge < -0.3 is 10.1 Å². The molecule has 0 radical (unpaired) electrons. The van der Waals surface area contributed by atoms with Crippen molar-refractivity contribution in [3.63, 3.8) is 0 Å². The molecule has 0 aromatic heterocycles. The second-order valence-corrected chi connectivity index (χ2v) is 6.16. The molecule has 130 valence electrons. The quantitative estimate of drug-likeness (QED) is 0.571. The van der Waals surface area contributed by atoms with E-state index in [9.17, 15) is 9.59 Å². The lowest BCUT2D eigenvalue weighted by atomic mass is 10.2. The fraction of sp³-hybridized carbons (Fsp3) is 0.167. The van der Waals surface area contributed by atoms with Gasteiger partial charge in [0.05, 0.1) is 13.5 Å². The molecule has 0 spiro atoms. The maximum absolute atomic E-state index is 12.0. The highest BCUT2D eigenvalue weighted by Gasteiger charge is 2.07. The van der Waals surface area contributed by atoms with E-state index in [0.29, 0.717) is 22.7 Å². The summed E-state index contributed by atoms with van der Waals surface area (Å²) in [6, 6.07) is 13.9. The van der Waals surface area contributed by atoms with Crippen LogP contribution >= 0.6 is 15.9 Å². The Balaban J connectivity index is 1.86. The first-order valence-electron chi connectivity index (χ1n) is 7.51. The number of anilines is 1. The number of nitrogens with one attached hydrogen (secondary N) is 2. The molecule has 0 aliphatic rings. The summed E-state index contributed by atoms with van der Waals surface area (Å²) in [7, 11) is 1.56. The predicted octanol–water partition coefficient (Wildman–Crippen LogP) is 3.59. The Morgan fingerprint density at radius 1 is 1.08 bits per heavy atom. The fourth-order valence-corrected chi connectivity index (χ4v) is 2.23. The van der Waals surface area contributed by atoms with Crippen LogP contribution in [0.25, 0.3) is 0 Å². The number of hydrazone groups is 1. The number of rotatable bonds is 6. The zero-order valence-corrected chi connectivity index (χ0v) is 15.5. The van der Waals surface area contributed by atoms with Crippen molar-refractivity contribution in [3.05, 3.63) is 58.6 Å². The molecule has 0 aliphatic heterocycles. The van der Waals surface area contributed by atoms with Crippen molar-refractivity contribution in [1.29, 1.82) is 0 Å². The van der Waals surface area contributed by atoms with Crippen LogP contribution in [0.1, 0.15) is 23.7 Å². The highest BCUT2D eigenvalue weighted by molar-refractivity contribution is 9.10. The van der Waals surface area contributed by atoms with Gasteiger partial charge >= 0.3 is 0 Å². The first kappa shape index (κ1) is 18.7. The standard InChI is InChI=1S/C18H18BrN3O3/c1-12(11-17(23)20-15-7-5-14(19)6-8-15)21-22-18(24)13-3-9-16(25-2)10-4-13/h3-10H,11H2,1-2H3,(H,20,23)(H,22,24)/b21-12+. The minimum atomic E-state index is -0.352. The number of methoxy groups -OCH3 is 1. The van der Waals surface area contributed by atoms with E-state index >= 15 is 0 Å². The maximum Gasteiger partial charge on any atom is 0.271 e. The number of hydrogen-bond donors (Lipinski definition) is 2. The molecular formula is C18H18BrN3O3. The summed E-state index contributed by atoms with van der Waals surface area (Å²) >= 11 is 3.33. The molecular weight excluding hydrogens is 386 g/mol. The van der Waals surface area contributed by atoms with Crippen molar-refractivity contribution >= 4 is 39.1 Å². The smallest absolute Gasteiger partial charge is 0.271 e. The average Bonchev–Trinajstić information content (AvgIpc) is 2.61. The Bertz CT molecular complexity index is 771. The molecule has 0 fully saturated rings. The molecule has 0 saturated carbocycles. The molecule has 2 amide bonds. The van der Waals surface area contributed by atoms with E-state index in [1.807, 2.05) is 12.1 Å². The van der Waals surface area contributed by atoms with Gasteiger partial charge in [0, 0.05) is 21.4 Å². The number of halogens is 1. The van der Waals surface area contributed by atoms with Crippen LogP contribution in [0.15, 0.2) is 58.1 Å². The summed E-state index contributed by atoms with van der Waals surface area (Å²) in [5.74, 6) is 0.110. The van der Waals surface area contributed by atoms with Gasteiger partial charge in [-0.3, -0.25) is 9.59 Å². The third kappa shape index (κ3) is 6.04. The largest absolute Gasteiger partial charge is 0.497 e. The van der Waals surface area contributed by atoms with Crippen molar-refractivity contribution in [2.45, 2.75) is 13.3 Å². The fourth-order valence-electron chi connectivity index (χ4n) is 1.96. The van der Waals surface area contributed by atoms with Gasteiger partial charge in [0.1, 0.15) is 5.75 Å². The van der Waals surface area contributed by atoms with Gasteiger partial charge in [0.15, 0.2) is 0 Å². The second-order valence-electron chi connectivity index (χ2n) is 5.25. The predicted molar refractivity (Wildman–Crippen MR) is 101 cm³/mol. The lowest BCUT2D eigenvalue weighted by Gasteiger charge is -2.06. The lowest BCUT2D eigenvalue weighted by molar-refractivity contribution is -0.115. The van der Waals surface area contributed by atoms with Crippen molar-refractivity contribution < 1.29 is 14.3 Å². The van der Waals surface area contributed by atoms with E-state index in [1.54, 1.807) is 50.4 Å². The van der Waals surface area contributed by atoms with Crippen molar-refractivity contribution in [1.82, 2.24) is 5.43 Å². The highest BCUT2D eigenvalue weighted by atomic mass is 79.9. The topological polar surface area (TPSA) is 79.8 Å². The Kier molecular flexibility index (Phi) is 6.71. The summed E-state index contributed by atoms with van der Waals surface area (Å²) in [5.41, 5.74) is 4.08. The van der Waals surface area contributed by atoms with Gasteiger partial charge in [-0.1, -0.05) is 15.9 Å². The Morgan fingerprint density at radius 3 is 2.32 bits per heavy atom. The average molecular weight is 404 g/mol. The zero-order valence-electron chi connectivity index (χ0n) is 13.9. The lowest BCUT2D eigenvalue weighted by Crippen LogP contribution is -2.21. The van der Waals surface area contributed by atoms with E-state index in [1.165, 1.54) is 0 Å². The van der Waals surface area contributed by atoms with Crippen LogP contribution in [-0.2, 0) is 4.79 Å². The van der Waals surface area contributed by atoms with Crippen LogP contribution in [0.2, 0.25) is 0 Å². The van der Waals surface area contributed by atoms with Crippen LogP contribution in [0.5, 0.6) is 5.75 Å². The normalized spacial score (nSPS) is 10.9. The van der Waals surface area contributed by atoms with Crippen LogP contribution in [0.4, 0.5) is 5.69 Å². The molecule has 2 aromatic carbocycles. The molecule has 2 N–H and O–H groups in total. The number of benzene rings is 2. The number of carbonyl (C=O) groups is 2.